The molecule has 0 bridgehead atoms. The molecule has 1 aromatic carbocycles. The van der Waals surface area contributed by atoms with Gasteiger partial charge < -0.3 is 5.32 Å². The first kappa shape index (κ1) is 15.2. The van der Waals surface area contributed by atoms with Crippen molar-refractivity contribution >= 4 is 41.2 Å². The van der Waals surface area contributed by atoms with Gasteiger partial charge in [0.05, 0.1) is 11.2 Å². The van der Waals surface area contributed by atoms with E-state index in [2.05, 4.69) is 22.4 Å². The molecule has 0 heterocycles. The van der Waals surface area contributed by atoms with Crippen LogP contribution in [0.25, 0.3) is 0 Å². The molecular formula is C12H11Cl2N3O2. The minimum atomic E-state index is -0.872. The Kier molecular flexibility index (Phi) is 6.05. The van der Waals surface area contributed by atoms with E-state index in [1.807, 2.05) is 0 Å². The van der Waals surface area contributed by atoms with Crippen LogP contribution >= 0.6 is 23.2 Å². The molecule has 0 spiro atoms. The van der Waals surface area contributed by atoms with Gasteiger partial charge in [-0.25, -0.2) is 5.43 Å². The summed E-state index contributed by atoms with van der Waals surface area (Å²) in [6.45, 7) is 3.62. The van der Waals surface area contributed by atoms with E-state index < -0.39 is 11.8 Å². The van der Waals surface area contributed by atoms with E-state index in [9.17, 15) is 9.59 Å². The van der Waals surface area contributed by atoms with Gasteiger partial charge in [-0.1, -0.05) is 35.3 Å². The van der Waals surface area contributed by atoms with E-state index in [0.29, 0.717) is 15.6 Å². The van der Waals surface area contributed by atoms with E-state index in [0.717, 1.165) is 0 Å². The number of amides is 2. The Balaban J connectivity index is 2.56. The number of hydrazone groups is 1. The fourth-order valence-electron chi connectivity index (χ4n) is 1.06. The molecular weight excluding hydrogens is 289 g/mol. The van der Waals surface area contributed by atoms with Crippen LogP contribution in [0.15, 0.2) is 36.0 Å². The van der Waals surface area contributed by atoms with E-state index in [1.54, 1.807) is 18.2 Å². The lowest BCUT2D eigenvalue weighted by Gasteiger charge is -2.01. The molecule has 0 unspecified atom stereocenters. The number of nitrogens with zero attached hydrogens (tertiary/aromatic N) is 1. The highest BCUT2D eigenvalue weighted by atomic mass is 35.5. The summed E-state index contributed by atoms with van der Waals surface area (Å²) in [6, 6.07) is 4.81. The fourth-order valence-corrected chi connectivity index (χ4v) is 1.52. The molecule has 0 fully saturated rings. The molecule has 1 aromatic rings. The highest BCUT2D eigenvalue weighted by molar-refractivity contribution is 6.36. The lowest BCUT2D eigenvalue weighted by molar-refractivity contribution is -0.139. The standard InChI is InChI=1S/C12H11Cl2N3O2/c1-2-5-15-11(18)12(19)17-16-7-8-3-4-9(13)6-10(8)14/h2-4,6-7H,1,5H2,(H,15,18)(H,17,19)/b16-7+. The summed E-state index contributed by atoms with van der Waals surface area (Å²) >= 11 is 11.6. The maximum Gasteiger partial charge on any atom is 0.329 e. The molecule has 2 amide bonds. The Morgan fingerprint density at radius 2 is 2.05 bits per heavy atom. The van der Waals surface area contributed by atoms with Crippen LogP contribution in [-0.4, -0.2) is 24.6 Å². The third-order valence-corrected chi connectivity index (χ3v) is 2.51. The van der Waals surface area contributed by atoms with Gasteiger partial charge >= 0.3 is 11.8 Å². The third-order valence-electron chi connectivity index (χ3n) is 1.95. The second kappa shape index (κ2) is 7.56. The van der Waals surface area contributed by atoms with Gasteiger partial charge in [-0.3, -0.25) is 9.59 Å². The molecule has 19 heavy (non-hydrogen) atoms. The van der Waals surface area contributed by atoms with Crippen LogP contribution in [0.4, 0.5) is 0 Å². The Bertz CT molecular complexity index is 530. The van der Waals surface area contributed by atoms with Gasteiger partial charge in [-0.15, -0.1) is 6.58 Å². The van der Waals surface area contributed by atoms with Gasteiger partial charge in [-0.05, 0) is 12.1 Å². The smallest absolute Gasteiger partial charge is 0.329 e. The quantitative estimate of drug-likeness (QED) is 0.385. The van der Waals surface area contributed by atoms with Crippen LogP contribution in [-0.2, 0) is 9.59 Å². The Morgan fingerprint density at radius 1 is 1.32 bits per heavy atom. The van der Waals surface area contributed by atoms with Crippen molar-refractivity contribution in [3.8, 4) is 0 Å². The summed E-state index contributed by atoms with van der Waals surface area (Å²) < 4.78 is 0. The molecule has 0 aliphatic carbocycles. The van der Waals surface area contributed by atoms with Crippen LogP contribution in [0, 0.1) is 0 Å². The molecule has 7 heteroatoms. The zero-order valence-corrected chi connectivity index (χ0v) is 11.3. The normalized spacial score (nSPS) is 10.2. The van der Waals surface area contributed by atoms with Gasteiger partial charge in [0, 0.05) is 17.1 Å². The van der Waals surface area contributed by atoms with Gasteiger partial charge in [0.15, 0.2) is 0 Å². The molecule has 0 atom stereocenters. The first-order valence-electron chi connectivity index (χ1n) is 5.21. The highest BCUT2D eigenvalue weighted by Gasteiger charge is 2.10. The van der Waals surface area contributed by atoms with Gasteiger partial charge in [0.25, 0.3) is 0 Å². The molecule has 0 saturated carbocycles. The van der Waals surface area contributed by atoms with Crippen molar-refractivity contribution in [2.45, 2.75) is 0 Å². The first-order valence-corrected chi connectivity index (χ1v) is 5.97. The predicted molar refractivity (Wildman–Crippen MR) is 75.4 cm³/mol. The minimum absolute atomic E-state index is 0.207. The summed E-state index contributed by atoms with van der Waals surface area (Å²) in [6.07, 6.45) is 2.78. The number of hydrogen-bond donors (Lipinski definition) is 2. The largest absolute Gasteiger partial charge is 0.344 e. The summed E-state index contributed by atoms with van der Waals surface area (Å²) in [5, 5.41) is 6.82. The van der Waals surface area contributed by atoms with Crippen molar-refractivity contribution in [3.05, 3.63) is 46.5 Å². The number of carbonyl (C=O) groups excluding carboxylic acids is 2. The summed E-state index contributed by atoms with van der Waals surface area (Å²) in [5.74, 6) is -1.66. The Labute approximate surface area is 120 Å². The van der Waals surface area contributed by atoms with Crippen molar-refractivity contribution < 1.29 is 9.59 Å². The van der Waals surface area contributed by atoms with E-state index in [4.69, 9.17) is 23.2 Å². The maximum absolute atomic E-state index is 11.3. The predicted octanol–water partition coefficient (Wildman–Crippen LogP) is 1.75. The van der Waals surface area contributed by atoms with E-state index in [1.165, 1.54) is 12.3 Å². The lowest BCUT2D eigenvalue weighted by Crippen LogP contribution is -2.37. The monoisotopic (exact) mass is 299 g/mol. The summed E-state index contributed by atoms with van der Waals surface area (Å²) in [4.78, 5) is 22.4. The lowest BCUT2D eigenvalue weighted by atomic mass is 10.2. The topological polar surface area (TPSA) is 70.6 Å². The molecule has 0 aliphatic rings. The molecule has 5 nitrogen and oxygen atoms in total. The molecule has 0 saturated heterocycles. The molecule has 100 valence electrons. The van der Waals surface area contributed by atoms with Crippen LogP contribution < -0.4 is 10.7 Å². The number of rotatable bonds is 4. The number of nitrogens with one attached hydrogen (secondary N) is 2. The minimum Gasteiger partial charge on any atom is -0.344 e. The van der Waals surface area contributed by atoms with Crippen LogP contribution in [0.2, 0.25) is 10.0 Å². The average molecular weight is 300 g/mol. The molecule has 0 radical (unpaired) electrons. The van der Waals surface area contributed by atoms with Crippen LogP contribution in [0.1, 0.15) is 5.56 Å². The van der Waals surface area contributed by atoms with Crippen molar-refractivity contribution in [2.75, 3.05) is 6.54 Å². The van der Waals surface area contributed by atoms with Crippen LogP contribution in [0.5, 0.6) is 0 Å². The van der Waals surface area contributed by atoms with Crippen molar-refractivity contribution in [1.29, 1.82) is 0 Å². The number of hydrogen-bond acceptors (Lipinski definition) is 3. The van der Waals surface area contributed by atoms with E-state index in [-0.39, 0.29) is 6.54 Å². The van der Waals surface area contributed by atoms with Gasteiger partial charge in [0.1, 0.15) is 0 Å². The second-order valence-corrected chi connectivity index (χ2v) is 4.21. The second-order valence-electron chi connectivity index (χ2n) is 3.36. The van der Waals surface area contributed by atoms with E-state index >= 15 is 0 Å². The Morgan fingerprint density at radius 3 is 2.68 bits per heavy atom. The van der Waals surface area contributed by atoms with Crippen molar-refractivity contribution in [3.63, 3.8) is 0 Å². The van der Waals surface area contributed by atoms with Crippen LogP contribution in [0.3, 0.4) is 0 Å². The number of benzene rings is 1. The maximum atomic E-state index is 11.3. The summed E-state index contributed by atoms with van der Waals surface area (Å²) in [5.41, 5.74) is 2.64. The third kappa shape index (κ3) is 5.11. The van der Waals surface area contributed by atoms with Gasteiger partial charge in [-0.2, -0.15) is 5.10 Å². The Hall–Kier alpha value is -1.85. The highest BCUT2D eigenvalue weighted by Crippen LogP contribution is 2.19. The van der Waals surface area contributed by atoms with Crippen molar-refractivity contribution in [1.82, 2.24) is 10.7 Å². The first-order chi connectivity index (χ1) is 9.04. The zero-order chi connectivity index (χ0) is 14.3. The number of carbonyl (C=O) groups is 2. The zero-order valence-electron chi connectivity index (χ0n) is 9.82. The SMILES string of the molecule is C=CCNC(=O)C(=O)N/N=C/c1ccc(Cl)cc1Cl. The van der Waals surface area contributed by atoms with Gasteiger partial charge in [0.2, 0.25) is 0 Å². The molecule has 1 rings (SSSR count). The fraction of sp³-hybridized carbons (Fsp3) is 0.0833. The molecule has 0 aliphatic heterocycles. The average Bonchev–Trinajstić information content (AvgIpc) is 2.38. The molecule has 0 aromatic heterocycles. The molecule has 2 N–H and O–H groups in total. The van der Waals surface area contributed by atoms with Crippen molar-refractivity contribution in [2.24, 2.45) is 5.10 Å². The summed E-state index contributed by atoms with van der Waals surface area (Å²) in [7, 11) is 0. The number of halogens is 2.